The fourth-order valence-electron chi connectivity index (χ4n) is 1.88. The molecule has 2 rings (SSSR count). The third-order valence-corrected chi connectivity index (χ3v) is 3.00. The zero-order chi connectivity index (χ0) is 13.0. The fourth-order valence-corrected chi connectivity index (χ4v) is 1.88. The zero-order valence-corrected chi connectivity index (χ0v) is 10.0. The highest BCUT2D eigenvalue weighted by Crippen LogP contribution is 2.17. The van der Waals surface area contributed by atoms with Crippen molar-refractivity contribution in [1.82, 2.24) is 0 Å². The number of halogens is 1. The van der Waals surface area contributed by atoms with E-state index in [1.807, 2.05) is 0 Å². The number of rotatable bonds is 3. The highest BCUT2D eigenvalue weighted by molar-refractivity contribution is 5.90. The minimum Gasteiger partial charge on any atom is -0.462 e. The highest BCUT2D eigenvalue weighted by Gasteiger charge is 2.18. The van der Waals surface area contributed by atoms with Crippen molar-refractivity contribution in [2.75, 3.05) is 25.6 Å². The van der Waals surface area contributed by atoms with E-state index in [1.165, 1.54) is 18.2 Å². The van der Waals surface area contributed by atoms with E-state index in [0.29, 0.717) is 31.4 Å². The van der Waals surface area contributed by atoms with Crippen LogP contribution in [0.4, 0.5) is 10.1 Å². The second kappa shape index (κ2) is 5.82. The standard InChI is InChI=1S/C13H16FNO3/c14-12-2-1-10(15)7-11(12)13(16)18-8-9-3-5-17-6-4-9/h1-2,7,9H,3-6,8,15H2. The van der Waals surface area contributed by atoms with Crippen LogP contribution in [0.25, 0.3) is 0 Å². The summed E-state index contributed by atoms with van der Waals surface area (Å²) in [6.45, 7) is 1.68. The van der Waals surface area contributed by atoms with Crippen LogP contribution >= 0.6 is 0 Å². The van der Waals surface area contributed by atoms with E-state index >= 15 is 0 Å². The number of nitrogen functional groups attached to an aromatic ring is 1. The molecule has 5 heteroatoms. The predicted octanol–water partition coefficient (Wildman–Crippen LogP) is 1.99. The van der Waals surface area contributed by atoms with Crippen LogP contribution in [0.1, 0.15) is 23.2 Å². The van der Waals surface area contributed by atoms with Gasteiger partial charge in [-0.15, -0.1) is 0 Å². The van der Waals surface area contributed by atoms with Crippen molar-refractivity contribution in [2.24, 2.45) is 5.92 Å². The first-order valence-corrected chi connectivity index (χ1v) is 5.96. The minimum absolute atomic E-state index is 0.109. The van der Waals surface area contributed by atoms with Gasteiger partial charge in [-0.2, -0.15) is 0 Å². The Bertz CT molecular complexity index is 430. The van der Waals surface area contributed by atoms with Crippen LogP contribution < -0.4 is 5.73 Å². The third-order valence-electron chi connectivity index (χ3n) is 3.00. The Labute approximate surface area is 105 Å². The number of esters is 1. The summed E-state index contributed by atoms with van der Waals surface area (Å²) in [5, 5.41) is 0. The van der Waals surface area contributed by atoms with E-state index in [2.05, 4.69) is 0 Å². The first kappa shape index (κ1) is 12.8. The maximum absolute atomic E-state index is 13.4. The SMILES string of the molecule is Nc1ccc(F)c(C(=O)OCC2CCOCC2)c1. The summed E-state index contributed by atoms with van der Waals surface area (Å²) >= 11 is 0. The van der Waals surface area contributed by atoms with Gasteiger partial charge in [0.25, 0.3) is 0 Å². The Morgan fingerprint density at radius 1 is 1.44 bits per heavy atom. The summed E-state index contributed by atoms with van der Waals surface area (Å²) < 4.78 is 23.7. The van der Waals surface area contributed by atoms with Crippen LogP contribution in [0.2, 0.25) is 0 Å². The summed E-state index contributed by atoms with van der Waals surface area (Å²) in [5.74, 6) is -0.973. The smallest absolute Gasteiger partial charge is 0.341 e. The lowest BCUT2D eigenvalue weighted by Crippen LogP contribution is -2.22. The molecular weight excluding hydrogens is 237 g/mol. The minimum atomic E-state index is -0.661. The van der Waals surface area contributed by atoms with Gasteiger partial charge in [0, 0.05) is 18.9 Å². The number of carbonyl (C=O) groups is 1. The lowest BCUT2D eigenvalue weighted by molar-refractivity contribution is 0.0182. The molecule has 1 saturated heterocycles. The van der Waals surface area contributed by atoms with E-state index in [-0.39, 0.29) is 5.56 Å². The zero-order valence-electron chi connectivity index (χ0n) is 10.0. The molecule has 1 fully saturated rings. The molecule has 18 heavy (non-hydrogen) atoms. The topological polar surface area (TPSA) is 61.6 Å². The molecule has 0 aliphatic carbocycles. The van der Waals surface area contributed by atoms with Crippen molar-refractivity contribution in [3.05, 3.63) is 29.6 Å². The van der Waals surface area contributed by atoms with Gasteiger partial charge in [0.2, 0.25) is 0 Å². The van der Waals surface area contributed by atoms with Gasteiger partial charge in [0.15, 0.2) is 0 Å². The van der Waals surface area contributed by atoms with Gasteiger partial charge in [-0.3, -0.25) is 0 Å². The van der Waals surface area contributed by atoms with E-state index in [9.17, 15) is 9.18 Å². The molecule has 0 radical (unpaired) electrons. The van der Waals surface area contributed by atoms with Gasteiger partial charge in [-0.25, -0.2) is 9.18 Å². The summed E-state index contributed by atoms with van der Waals surface area (Å²) in [4.78, 5) is 11.7. The summed E-state index contributed by atoms with van der Waals surface area (Å²) in [6, 6.07) is 3.87. The molecule has 0 aromatic heterocycles. The number of hydrogen-bond acceptors (Lipinski definition) is 4. The number of benzene rings is 1. The number of anilines is 1. The molecule has 0 bridgehead atoms. The molecule has 0 spiro atoms. The number of carbonyl (C=O) groups excluding carboxylic acids is 1. The van der Waals surface area contributed by atoms with Crippen LogP contribution in [0, 0.1) is 11.7 Å². The average Bonchev–Trinajstić information content (AvgIpc) is 2.40. The quantitative estimate of drug-likeness (QED) is 0.661. The molecule has 1 heterocycles. The number of nitrogens with two attached hydrogens (primary N) is 1. The van der Waals surface area contributed by atoms with E-state index in [4.69, 9.17) is 15.2 Å². The van der Waals surface area contributed by atoms with Crippen LogP contribution in [0.5, 0.6) is 0 Å². The average molecular weight is 253 g/mol. The van der Waals surface area contributed by atoms with Gasteiger partial charge in [0.05, 0.1) is 12.2 Å². The largest absolute Gasteiger partial charge is 0.462 e. The predicted molar refractivity (Wildman–Crippen MR) is 64.6 cm³/mol. The molecule has 1 aliphatic rings. The number of ether oxygens (including phenoxy) is 2. The fraction of sp³-hybridized carbons (Fsp3) is 0.462. The summed E-state index contributed by atoms with van der Waals surface area (Å²) in [5.41, 5.74) is 5.75. The van der Waals surface area contributed by atoms with E-state index < -0.39 is 11.8 Å². The molecule has 2 N–H and O–H groups in total. The maximum Gasteiger partial charge on any atom is 0.341 e. The Morgan fingerprint density at radius 3 is 2.89 bits per heavy atom. The molecule has 0 atom stereocenters. The van der Waals surface area contributed by atoms with Crippen LogP contribution in [-0.4, -0.2) is 25.8 Å². The molecule has 1 aromatic rings. The van der Waals surface area contributed by atoms with Gasteiger partial charge >= 0.3 is 5.97 Å². The first-order chi connectivity index (χ1) is 8.66. The van der Waals surface area contributed by atoms with Crippen LogP contribution in [0.15, 0.2) is 18.2 Å². The third kappa shape index (κ3) is 3.20. The molecule has 0 unspecified atom stereocenters. The second-order valence-electron chi connectivity index (χ2n) is 4.39. The van der Waals surface area contributed by atoms with Gasteiger partial charge in [0.1, 0.15) is 5.82 Å². The van der Waals surface area contributed by atoms with Gasteiger partial charge < -0.3 is 15.2 Å². The van der Waals surface area contributed by atoms with Crippen molar-refractivity contribution in [2.45, 2.75) is 12.8 Å². The lowest BCUT2D eigenvalue weighted by Gasteiger charge is -2.21. The summed E-state index contributed by atoms with van der Waals surface area (Å²) in [6.07, 6.45) is 1.74. The van der Waals surface area contributed by atoms with Crippen molar-refractivity contribution < 1.29 is 18.7 Å². The summed E-state index contributed by atoms with van der Waals surface area (Å²) in [7, 11) is 0. The number of hydrogen-bond donors (Lipinski definition) is 1. The van der Waals surface area contributed by atoms with Crippen LogP contribution in [0.3, 0.4) is 0 Å². The van der Waals surface area contributed by atoms with Crippen molar-refractivity contribution in [3.8, 4) is 0 Å². The first-order valence-electron chi connectivity index (χ1n) is 5.96. The Balaban J connectivity index is 1.92. The van der Waals surface area contributed by atoms with E-state index in [1.54, 1.807) is 0 Å². The normalized spacial score (nSPS) is 16.5. The Kier molecular flexibility index (Phi) is 4.15. The second-order valence-corrected chi connectivity index (χ2v) is 4.39. The molecule has 4 nitrogen and oxygen atoms in total. The molecular formula is C13H16FNO3. The highest BCUT2D eigenvalue weighted by atomic mass is 19.1. The Hall–Kier alpha value is -1.62. The van der Waals surface area contributed by atoms with Crippen molar-refractivity contribution >= 4 is 11.7 Å². The van der Waals surface area contributed by atoms with Crippen LogP contribution in [-0.2, 0) is 9.47 Å². The molecule has 1 aliphatic heterocycles. The molecule has 1 aromatic carbocycles. The van der Waals surface area contributed by atoms with Crippen molar-refractivity contribution in [3.63, 3.8) is 0 Å². The van der Waals surface area contributed by atoms with Crippen molar-refractivity contribution in [1.29, 1.82) is 0 Å². The molecule has 0 saturated carbocycles. The maximum atomic E-state index is 13.4. The monoisotopic (exact) mass is 253 g/mol. The lowest BCUT2D eigenvalue weighted by atomic mass is 10.0. The van der Waals surface area contributed by atoms with Gasteiger partial charge in [-0.05, 0) is 37.0 Å². The molecule has 98 valence electrons. The Morgan fingerprint density at radius 2 is 2.17 bits per heavy atom. The van der Waals surface area contributed by atoms with Gasteiger partial charge in [-0.1, -0.05) is 0 Å². The molecule has 0 amide bonds. The van der Waals surface area contributed by atoms with E-state index in [0.717, 1.165) is 12.8 Å².